The second-order valence-electron chi connectivity index (χ2n) is 5.39. The minimum absolute atomic E-state index is 0.319. The van der Waals surface area contributed by atoms with Gasteiger partial charge in [-0.2, -0.15) is 0 Å². The molecule has 0 spiro atoms. The zero-order chi connectivity index (χ0) is 15.5. The number of aromatic nitrogens is 2. The summed E-state index contributed by atoms with van der Waals surface area (Å²) in [7, 11) is 0. The first-order valence-corrected chi connectivity index (χ1v) is 7.42. The summed E-state index contributed by atoms with van der Waals surface area (Å²) in [6, 6.07) is 4.10. The van der Waals surface area contributed by atoms with Crippen molar-refractivity contribution < 1.29 is 13.9 Å². The van der Waals surface area contributed by atoms with Crippen LogP contribution in [0.2, 0.25) is 0 Å². The molecular weight excluding hydrogens is 285 g/mol. The van der Waals surface area contributed by atoms with Crippen LogP contribution in [-0.4, -0.2) is 22.1 Å². The Kier molecular flexibility index (Phi) is 4.09. The molecule has 1 aromatic heterocycles. The molecule has 1 aliphatic rings. The Morgan fingerprint density at radius 1 is 1.50 bits per heavy atom. The van der Waals surface area contributed by atoms with Crippen molar-refractivity contribution >= 4 is 11.6 Å². The lowest BCUT2D eigenvalue weighted by molar-refractivity contribution is 0.101. The van der Waals surface area contributed by atoms with Crippen molar-refractivity contribution in [3.63, 3.8) is 0 Å². The quantitative estimate of drug-likeness (QED) is 0.892. The number of nitrogens with zero attached hydrogens (tertiary/aromatic N) is 2. The maximum absolute atomic E-state index is 13.4. The standard InChI is InChI=1S/C16H18FN3O2/c1-2-20-8-7-18-15(20)16(21)19-13-6-5-12(17)9-14(13)22-10-11-3-4-11/h5-9,11H,2-4,10H2,1H3,(H,19,21). The van der Waals surface area contributed by atoms with Crippen LogP contribution in [0.4, 0.5) is 10.1 Å². The number of benzene rings is 1. The summed E-state index contributed by atoms with van der Waals surface area (Å²) in [6.07, 6.45) is 5.60. The molecule has 0 radical (unpaired) electrons. The van der Waals surface area contributed by atoms with Crippen LogP contribution in [0.5, 0.6) is 5.75 Å². The fourth-order valence-corrected chi connectivity index (χ4v) is 2.16. The summed E-state index contributed by atoms with van der Waals surface area (Å²) in [6.45, 7) is 3.13. The monoisotopic (exact) mass is 303 g/mol. The lowest BCUT2D eigenvalue weighted by atomic mass is 10.2. The Morgan fingerprint density at radius 3 is 3.05 bits per heavy atom. The smallest absolute Gasteiger partial charge is 0.291 e. The molecule has 1 saturated carbocycles. The van der Waals surface area contributed by atoms with Crippen molar-refractivity contribution in [1.29, 1.82) is 0 Å². The molecule has 1 N–H and O–H groups in total. The summed E-state index contributed by atoms with van der Waals surface area (Å²) >= 11 is 0. The van der Waals surface area contributed by atoms with Gasteiger partial charge in [-0.05, 0) is 37.8 Å². The Labute approximate surface area is 128 Å². The molecule has 1 aromatic carbocycles. The second-order valence-corrected chi connectivity index (χ2v) is 5.39. The van der Waals surface area contributed by atoms with Gasteiger partial charge in [0.05, 0.1) is 12.3 Å². The van der Waals surface area contributed by atoms with Gasteiger partial charge in [0.25, 0.3) is 5.91 Å². The number of imidazole rings is 1. The Morgan fingerprint density at radius 2 is 2.32 bits per heavy atom. The molecule has 0 bridgehead atoms. The molecule has 1 fully saturated rings. The number of amides is 1. The number of ether oxygens (including phenoxy) is 1. The van der Waals surface area contributed by atoms with Gasteiger partial charge < -0.3 is 14.6 Å². The SMILES string of the molecule is CCn1ccnc1C(=O)Nc1ccc(F)cc1OCC1CC1. The third-order valence-electron chi connectivity index (χ3n) is 3.62. The number of aryl methyl sites for hydroxylation is 1. The lowest BCUT2D eigenvalue weighted by Crippen LogP contribution is -2.18. The number of rotatable bonds is 6. The van der Waals surface area contributed by atoms with E-state index in [0.717, 1.165) is 12.8 Å². The van der Waals surface area contributed by atoms with Gasteiger partial charge in [0, 0.05) is 25.0 Å². The first kappa shape index (κ1) is 14.6. The Hall–Kier alpha value is -2.37. The minimum atomic E-state index is -0.390. The van der Waals surface area contributed by atoms with E-state index in [-0.39, 0.29) is 11.7 Å². The second kappa shape index (κ2) is 6.17. The van der Waals surface area contributed by atoms with Crippen molar-refractivity contribution in [2.75, 3.05) is 11.9 Å². The summed E-state index contributed by atoms with van der Waals surface area (Å²) < 4.78 is 20.8. The third kappa shape index (κ3) is 3.27. The van der Waals surface area contributed by atoms with Crippen LogP contribution < -0.4 is 10.1 Å². The van der Waals surface area contributed by atoms with Crippen LogP contribution in [0.3, 0.4) is 0 Å². The highest BCUT2D eigenvalue weighted by Gasteiger charge is 2.23. The van der Waals surface area contributed by atoms with Crippen LogP contribution in [0.1, 0.15) is 30.4 Å². The molecule has 0 atom stereocenters. The zero-order valence-electron chi connectivity index (χ0n) is 12.4. The molecule has 22 heavy (non-hydrogen) atoms. The van der Waals surface area contributed by atoms with Crippen LogP contribution in [0, 0.1) is 11.7 Å². The van der Waals surface area contributed by atoms with Crippen LogP contribution >= 0.6 is 0 Å². The van der Waals surface area contributed by atoms with Gasteiger partial charge in [-0.1, -0.05) is 0 Å². The van der Waals surface area contributed by atoms with E-state index in [1.54, 1.807) is 17.0 Å². The van der Waals surface area contributed by atoms with Crippen LogP contribution in [0.25, 0.3) is 0 Å². The van der Waals surface area contributed by atoms with Crippen molar-refractivity contribution in [3.05, 3.63) is 42.2 Å². The van der Waals surface area contributed by atoms with Gasteiger partial charge >= 0.3 is 0 Å². The van der Waals surface area contributed by atoms with E-state index in [2.05, 4.69) is 10.3 Å². The fraction of sp³-hybridized carbons (Fsp3) is 0.375. The summed E-state index contributed by atoms with van der Waals surface area (Å²) in [5.74, 6) is 0.495. The predicted molar refractivity (Wildman–Crippen MR) is 80.5 cm³/mol. The third-order valence-corrected chi connectivity index (χ3v) is 3.62. The molecular formula is C16H18FN3O2. The van der Waals surface area contributed by atoms with Crippen LogP contribution in [0.15, 0.2) is 30.6 Å². The van der Waals surface area contributed by atoms with E-state index in [1.165, 1.54) is 18.2 Å². The van der Waals surface area contributed by atoms with Crippen molar-refractivity contribution in [3.8, 4) is 5.75 Å². The van der Waals surface area contributed by atoms with E-state index in [4.69, 9.17) is 4.74 Å². The van der Waals surface area contributed by atoms with E-state index >= 15 is 0 Å². The molecule has 1 heterocycles. The van der Waals surface area contributed by atoms with Crippen molar-refractivity contribution in [2.24, 2.45) is 5.92 Å². The van der Waals surface area contributed by atoms with Gasteiger partial charge in [0.1, 0.15) is 11.6 Å². The Bertz CT molecular complexity index is 680. The number of hydrogen-bond donors (Lipinski definition) is 1. The molecule has 3 rings (SSSR count). The maximum atomic E-state index is 13.4. The molecule has 0 unspecified atom stereocenters. The largest absolute Gasteiger partial charge is 0.491 e. The Balaban J connectivity index is 1.77. The average molecular weight is 303 g/mol. The van der Waals surface area contributed by atoms with E-state index < -0.39 is 0 Å². The molecule has 5 nitrogen and oxygen atoms in total. The van der Waals surface area contributed by atoms with Gasteiger partial charge in [0.2, 0.25) is 0 Å². The molecule has 6 heteroatoms. The fourth-order valence-electron chi connectivity index (χ4n) is 2.16. The first-order chi connectivity index (χ1) is 10.7. The first-order valence-electron chi connectivity index (χ1n) is 7.42. The normalized spacial score (nSPS) is 13.9. The van der Waals surface area contributed by atoms with Crippen LogP contribution in [-0.2, 0) is 6.54 Å². The molecule has 0 saturated heterocycles. The molecule has 2 aromatic rings. The number of carbonyl (C=O) groups is 1. The zero-order valence-corrected chi connectivity index (χ0v) is 12.4. The number of nitrogens with one attached hydrogen (secondary N) is 1. The highest BCUT2D eigenvalue weighted by Crippen LogP contribution is 2.32. The number of halogens is 1. The predicted octanol–water partition coefficient (Wildman–Crippen LogP) is 3.08. The number of carbonyl (C=O) groups excluding carboxylic acids is 1. The molecule has 0 aliphatic heterocycles. The summed E-state index contributed by atoms with van der Waals surface area (Å²) in [5.41, 5.74) is 0.456. The van der Waals surface area contributed by atoms with Crippen molar-refractivity contribution in [2.45, 2.75) is 26.3 Å². The van der Waals surface area contributed by atoms with Crippen molar-refractivity contribution in [1.82, 2.24) is 9.55 Å². The van der Waals surface area contributed by atoms with E-state index in [9.17, 15) is 9.18 Å². The molecule has 1 amide bonds. The number of anilines is 1. The minimum Gasteiger partial charge on any atom is -0.491 e. The summed E-state index contributed by atoms with van der Waals surface area (Å²) in [4.78, 5) is 16.3. The maximum Gasteiger partial charge on any atom is 0.291 e. The highest BCUT2D eigenvalue weighted by atomic mass is 19.1. The van der Waals surface area contributed by atoms with E-state index in [1.807, 2.05) is 6.92 Å². The van der Waals surface area contributed by atoms with Gasteiger partial charge in [0.15, 0.2) is 5.82 Å². The summed E-state index contributed by atoms with van der Waals surface area (Å²) in [5, 5.41) is 2.75. The molecule has 116 valence electrons. The van der Waals surface area contributed by atoms with E-state index in [0.29, 0.717) is 36.3 Å². The average Bonchev–Trinajstić information content (AvgIpc) is 3.21. The lowest BCUT2D eigenvalue weighted by Gasteiger charge is -2.12. The topological polar surface area (TPSA) is 56.2 Å². The van der Waals surface area contributed by atoms with Gasteiger partial charge in [-0.15, -0.1) is 0 Å². The highest BCUT2D eigenvalue weighted by molar-refractivity contribution is 6.02. The molecule has 1 aliphatic carbocycles. The van der Waals surface area contributed by atoms with Gasteiger partial charge in [-0.25, -0.2) is 9.37 Å². The van der Waals surface area contributed by atoms with Gasteiger partial charge in [-0.3, -0.25) is 4.79 Å². The number of hydrogen-bond acceptors (Lipinski definition) is 3.